The second-order valence-corrected chi connectivity index (χ2v) is 5.72. The molecule has 1 aliphatic heterocycles. The Kier molecular flexibility index (Phi) is 5.05. The van der Waals surface area contributed by atoms with Crippen LogP contribution in [0.25, 0.3) is 0 Å². The van der Waals surface area contributed by atoms with Gasteiger partial charge in [-0.3, -0.25) is 9.59 Å². The number of carbonyl (C=O) groups is 1. The van der Waals surface area contributed by atoms with E-state index in [9.17, 15) is 14.7 Å². The molecule has 0 aliphatic carbocycles. The van der Waals surface area contributed by atoms with Crippen molar-refractivity contribution in [3.8, 4) is 5.88 Å². The van der Waals surface area contributed by atoms with Crippen molar-refractivity contribution in [2.45, 2.75) is 37.8 Å². The zero-order valence-electron chi connectivity index (χ0n) is 11.5. The van der Waals surface area contributed by atoms with Gasteiger partial charge in [-0.25, -0.2) is 0 Å². The molecule has 1 aromatic heterocycles. The first-order chi connectivity index (χ1) is 9.61. The number of aromatic hydroxyl groups is 1. The minimum absolute atomic E-state index is 0.0522. The van der Waals surface area contributed by atoms with Gasteiger partial charge in [0, 0.05) is 13.1 Å². The van der Waals surface area contributed by atoms with Crippen molar-refractivity contribution in [1.29, 1.82) is 0 Å². The summed E-state index contributed by atoms with van der Waals surface area (Å²) in [6, 6.07) is 0. The highest BCUT2D eigenvalue weighted by Crippen LogP contribution is 2.18. The second kappa shape index (κ2) is 6.78. The normalized spacial score (nSPS) is 15.3. The summed E-state index contributed by atoms with van der Waals surface area (Å²) in [5, 5.41) is 9.93. The van der Waals surface area contributed by atoms with Crippen LogP contribution >= 0.6 is 11.8 Å². The minimum atomic E-state index is -0.340. The fourth-order valence-corrected chi connectivity index (χ4v) is 2.98. The highest BCUT2D eigenvalue weighted by molar-refractivity contribution is 7.99. The lowest BCUT2D eigenvalue weighted by molar-refractivity contribution is -0.129. The number of thioether (sulfide) groups is 1. The van der Waals surface area contributed by atoms with Gasteiger partial charge >= 0.3 is 0 Å². The van der Waals surface area contributed by atoms with Gasteiger partial charge in [-0.2, -0.15) is 4.98 Å². The zero-order chi connectivity index (χ0) is 14.5. The molecule has 6 nitrogen and oxygen atoms in total. The fourth-order valence-electron chi connectivity index (χ4n) is 2.22. The Balaban J connectivity index is 1.97. The van der Waals surface area contributed by atoms with E-state index >= 15 is 0 Å². The van der Waals surface area contributed by atoms with Crippen molar-refractivity contribution in [2.24, 2.45) is 0 Å². The Morgan fingerprint density at radius 1 is 1.40 bits per heavy atom. The maximum Gasteiger partial charge on any atom is 0.258 e. The molecule has 0 saturated carbocycles. The lowest BCUT2D eigenvalue weighted by Crippen LogP contribution is -2.36. The molecular weight excluding hydrogens is 278 g/mol. The topological polar surface area (TPSA) is 86.3 Å². The van der Waals surface area contributed by atoms with Gasteiger partial charge in [-0.05, 0) is 25.7 Å². The first kappa shape index (κ1) is 14.9. The van der Waals surface area contributed by atoms with Crippen molar-refractivity contribution in [3.05, 3.63) is 15.9 Å². The number of rotatable bonds is 4. The molecule has 0 aromatic carbocycles. The number of carbonyl (C=O) groups excluding carboxylic acids is 1. The quantitative estimate of drug-likeness (QED) is 0.643. The van der Waals surface area contributed by atoms with Crippen molar-refractivity contribution in [3.63, 3.8) is 0 Å². The number of nitrogens with zero attached hydrogens (tertiary/aromatic N) is 2. The number of aromatic nitrogens is 2. The first-order valence-electron chi connectivity index (χ1n) is 6.84. The summed E-state index contributed by atoms with van der Waals surface area (Å²) in [5.74, 6) is 0.0361. The second-order valence-electron chi connectivity index (χ2n) is 4.76. The summed E-state index contributed by atoms with van der Waals surface area (Å²) in [7, 11) is 0. The van der Waals surface area contributed by atoms with Gasteiger partial charge in [0.1, 0.15) is 0 Å². The van der Waals surface area contributed by atoms with Gasteiger partial charge in [0.05, 0.1) is 11.3 Å². The highest BCUT2D eigenvalue weighted by Gasteiger charge is 2.17. The maximum absolute atomic E-state index is 12.0. The largest absolute Gasteiger partial charge is 0.493 e. The summed E-state index contributed by atoms with van der Waals surface area (Å²) in [6.07, 6.45) is 3.71. The monoisotopic (exact) mass is 297 g/mol. The Bertz CT molecular complexity index is 538. The average Bonchev–Trinajstić information content (AvgIpc) is 2.45. The Labute approximate surface area is 121 Å². The number of aromatic amines is 1. The number of piperidine rings is 1. The Morgan fingerprint density at radius 3 is 2.70 bits per heavy atom. The van der Waals surface area contributed by atoms with Crippen molar-refractivity contribution >= 4 is 17.7 Å². The summed E-state index contributed by atoms with van der Waals surface area (Å²) in [6.45, 7) is 3.39. The molecular formula is C13H19N3O3S. The van der Waals surface area contributed by atoms with E-state index in [1.807, 2.05) is 4.90 Å². The van der Waals surface area contributed by atoms with E-state index in [0.29, 0.717) is 6.42 Å². The number of hydrogen-bond donors (Lipinski definition) is 2. The molecule has 0 spiro atoms. The van der Waals surface area contributed by atoms with Gasteiger partial charge in [-0.1, -0.05) is 18.7 Å². The summed E-state index contributed by atoms with van der Waals surface area (Å²) in [4.78, 5) is 32.0. The molecule has 1 aromatic rings. The van der Waals surface area contributed by atoms with Gasteiger partial charge in [-0.15, -0.1) is 0 Å². The van der Waals surface area contributed by atoms with E-state index < -0.39 is 0 Å². The molecule has 0 radical (unpaired) electrons. The van der Waals surface area contributed by atoms with Crippen LogP contribution < -0.4 is 5.56 Å². The molecule has 1 amide bonds. The van der Waals surface area contributed by atoms with Crippen LogP contribution in [0.4, 0.5) is 0 Å². The molecule has 1 fully saturated rings. The molecule has 7 heteroatoms. The standard InChI is InChI=1S/C13H19N3O3S/c1-2-9-11(18)14-13(15-12(9)19)20-8-10(17)16-6-4-3-5-7-16/h2-8H2,1H3,(H2,14,15,18,19). The van der Waals surface area contributed by atoms with E-state index in [1.54, 1.807) is 6.92 Å². The molecule has 110 valence electrons. The van der Waals surface area contributed by atoms with Crippen LogP contribution in [0, 0.1) is 0 Å². The maximum atomic E-state index is 12.0. The van der Waals surface area contributed by atoms with Crippen LogP contribution in [-0.4, -0.2) is 44.7 Å². The Hall–Kier alpha value is -1.50. The minimum Gasteiger partial charge on any atom is -0.493 e. The predicted molar refractivity (Wildman–Crippen MR) is 77.1 cm³/mol. The average molecular weight is 297 g/mol. The molecule has 1 saturated heterocycles. The SMILES string of the molecule is CCc1c(O)nc(SCC(=O)N2CCCCC2)[nH]c1=O. The van der Waals surface area contributed by atoms with Crippen LogP contribution in [0.5, 0.6) is 5.88 Å². The molecule has 2 rings (SSSR count). The van der Waals surface area contributed by atoms with Crippen LogP contribution in [-0.2, 0) is 11.2 Å². The number of nitrogens with one attached hydrogen (secondary N) is 1. The van der Waals surface area contributed by atoms with E-state index in [-0.39, 0.29) is 33.8 Å². The lowest BCUT2D eigenvalue weighted by atomic mass is 10.1. The van der Waals surface area contributed by atoms with Crippen molar-refractivity contribution < 1.29 is 9.90 Å². The number of H-pyrrole nitrogens is 1. The zero-order valence-corrected chi connectivity index (χ0v) is 12.3. The summed E-state index contributed by atoms with van der Waals surface area (Å²) >= 11 is 1.15. The van der Waals surface area contributed by atoms with Crippen molar-refractivity contribution in [1.82, 2.24) is 14.9 Å². The molecule has 0 unspecified atom stereocenters. The van der Waals surface area contributed by atoms with Gasteiger partial charge in [0.25, 0.3) is 5.56 Å². The fraction of sp³-hybridized carbons (Fsp3) is 0.615. The third kappa shape index (κ3) is 3.53. The van der Waals surface area contributed by atoms with Gasteiger partial charge < -0.3 is 15.0 Å². The third-order valence-electron chi connectivity index (χ3n) is 3.37. The Morgan fingerprint density at radius 2 is 2.10 bits per heavy atom. The predicted octanol–water partition coefficient (Wildman–Crippen LogP) is 1.14. The van der Waals surface area contributed by atoms with E-state index in [4.69, 9.17) is 0 Å². The van der Waals surface area contributed by atoms with Crippen LogP contribution in [0.15, 0.2) is 9.95 Å². The number of likely N-dealkylation sites (tertiary alicyclic amines) is 1. The van der Waals surface area contributed by atoms with Crippen molar-refractivity contribution in [2.75, 3.05) is 18.8 Å². The number of hydrogen-bond acceptors (Lipinski definition) is 5. The van der Waals surface area contributed by atoms with Crippen LogP contribution in [0.1, 0.15) is 31.7 Å². The molecule has 2 heterocycles. The van der Waals surface area contributed by atoms with E-state index in [0.717, 1.165) is 37.7 Å². The molecule has 1 aliphatic rings. The van der Waals surface area contributed by atoms with Gasteiger partial charge in [0.2, 0.25) is 11.8 Å². The van der Waals surface area contributed by atoms with Crippen LogP contribution in [0.3, 0.4) is 0 Å². The van der Waals surface area contributed by atoms with Crippen LogP contribution in [0.2, 0.25) is 0 Å². The lowest BCUT2D eigenvalue weighted by Gasteiger charge is -2.26. The molecule has 20 heavy (non-hydrogen) atoms. The van der Waals surface area contributed by atoms with E-state index in [1.165, 1.54) is 6.42 Å². The third-order valence-corrected chi connectivity index (χ3v) is 4.22. The van der Waals surface area contributed by atoms with Gasteiger partial charge in [0.15, 0.2) is 5.16 Å². The first-order valence-corrected chi connectivity index (χ1v) is 7.83. The summed E-state index contributed by atoms with van der Waals surface area (Å²) < 4.78 is 0. The summed E-state index contributed by atoms with van der Waals surface area (Å²) in [5.41, 5.74) is -0.0652. The highest BCUT2D eigenvalue weighted by atomic mass is 32.2. The van der Waals surface area contributed by atoms with E-state index in [2.05, 4.69) is 9.97 Å². The smallest absolute Gasteiger partial charge is 0.258 e. The molecule has 2 N–H and O–H groups in total. The molecule has 0 atom stereocenters. The molecule has 0 bridgehead atoms. The number of amides is 1.